The summed E-state index contributed by atoms with van der Waals surface area (Å²) >= 11 is 0. The fourth-order valence-corrected chi connectivity index (χ4v) is 3.09. The minimum Gasteiger partial charge on any atom is -0.492 e. The van der Waals surface area contributed by atoms with Gasteiger partial charge in [-0.05, 0) is 23.8 Å². The number of hydrogen-bond donors (Lipinski definition) is 2. The van der Waals surface area contributed by atoms with Gasteiger partial charge in [-0.15, -0.1) is 0 Å². The van der Waals surface area contributed by atoms with E-state index in [0.717, 1.165) is 49.7 Å². The number of nitrogens with zero attached hydrogens (tertiary/aromatic N) is 2. The van der Waals surface area contributed by atoms with Gasteiger partial charge >= 0.3 is 0 Å². The molecule has 29 heavy (non-hydrogen) atoms. The Morgan fingerprint density at radius 2 is 1.79 bits per heavy atom. The summed E-state index contributed by atoms with van der Waals surface area (Å²) in [5, 5.41) is 6.54. The van der Waals surface area contributed by atoms with E-state index in [-0.39, 0.29) is 5.82 Å². The van der Waals surface area contributed by atoms with E-state index in [9.17, 15) is 4.39 Å². The molecule has 1 saturated heterocycles. The first-order valence-corrected chi connectivity index (χ1v) is 9.94. The number of ether oxygens (including phenoxy) is 2. The maximum Gasteiger partial charge on any atom is 0.191 e. The molecule has 0 saturated carbocycles. The van der Waals surface area contributed by atoms with Gasteiger partial charge in [0.1, 0.15) is 18.2 Å². The number of rotatable bonds is 8. The molecule has 0 atom stereocenters. The highest BCUT2D eigenvalue weighted by atomic mass is 19.1. The highest BCUT2D eigenvalue weighted by Gasteiger charge is 2.11. The van der Waals surface area contributed by atoms with E-state index in [4.69, 9.17) is 9.47 Å². The lowest BCUT2D eigenvalue weighted by molar-refractivity contribution is 0.0322. The van der Waals surface area contributed by atoms with Crippen molar-refractivity contribution >= 4 is 5.96 Å². The predicted octanol–water partition coefficient (Wildman–Crippen LogP) is 2.40. The van der Waals surface area contributed by atoms with Crippen molar-refractivity contribution in [1.82, 2.24) is 15.5 Å². The van der Waals surface area contributed by atoms with E-state index in [2.05, 4.69) is 20.5 Å². The second kappa shape index (κ2) is 11.4. The number of benzene rings is 2. The number of para-hydroxylation sites is 1. The lowest BCUT2D eigenvalue weighted by Crippen LogP contribution is -2.38. The summed E-state index contributed by atoms with van der Waals surface area (Å²) in [5.74, 6) is 1.32. The highest BCUT2D eigenvalue weighted by Crippen LogP contribution is 2.17. The Bertz CT molecular complexity index is 777. The quantitative estimate of drug-likeness (QED) is 0.526. The van der Waals surface area contributed by atoms with Crippen molar-refractivity contribution in [3.8, 4) is 5.75 Å². The molecule has 0 bridgehead atoms. The lowest BCUT2D eigenvalue weighted by atomic mass is 10.2. The molecule has 6 nitrogen and oxygen atoms in total. The summed E-state index contributed by atoms with van der Waals surface area (Å²) in [6.07, 6.45) is 0. The van der Waals surface area contributed by atoms with Crippen LogP contribution in [0, 0.1) is 5.82 Å². The minimum atomic E-state index is -0.235. The van der Waals surface area contributed by atoms with Gasteiger partial charge in [0.05, 0.1) is 13.2 Å². The van der Waals surface area contributed by atoms with Crippen LogP contribution in [0.4, 0.5) is 4.39 Å². The molecule has 0 spiro atoms. The van der Waals surface area contributed by atoms with E-state index >= 15 is 0 Å². The lowest BCUT2D eigenvalue weighted by Gasteiger charge is -2.26. The number of halogens is 1. The van der Waals surface area contributed by atoms with Gasteiger partial charge < -0.3 is 20.1 Å². The molecule has 0 aliphatic carbocycles. The Labute approximate surface area is 171 Å². The molecule has 1 fully saturated rings. The molecular weight excluding hydrogens is 371 g/mol. The number of guanidine groups is 1. The molecule has 2 N–H and O–H groups in total. The van der Waals surface area contributed by atoms with Crippen LogP contribution in [0.15, 0.2) is 53.5 Å². The average molecular weight is 400 g/mol. The second-order valence-electron chi connectivity index (χ2n) is 6.82. The van der Waals surface area contributed by atoms with Crippen LogP contribution in [0.1, 0.15) is 11.1 Å². The Hall–Kier alpha value is -2.64. The number of hydrogen-bond acceptors (Lipinski definition) is 4. The molecule has 156 valence electrons. The SMILES string of the molecule is CN=C(NCc1ccc(F)cc1)NCc1ccccc1OCCN1CCOCC1. The molecule has 0 aromatic heterocycles. The average Bonchev–Trinajstić information content (AvgIpc) is 2.77. The Balaban J connectivity index is 1.46. The van der Waals surface area contributed by atoms with Gasteiger partial charge in [0.2, 0.25) is 0 Å². The summed E-state index contributed by atoms with van der Waals surface area (Å²) in [7, 11) is 1.73. The molecule has 2 aromatic rings. The van der Waals surface area contributed by atoms with Gasteiger partial charge in [-0.1, -0.05) is 30.3 Å². The molecule has 3 rings (SSSR count). The maximum atomic E-state index is 13.0. The van der Waals surface area contributed by atoms with E-state index in [1.807, 2.05) is 24.3 Å². The first-order chi connectivity index (χ1) is 14.2. The van der Waals surface area contributed by atoms with Gasteiger partial charge in [0, 0.05) is 45.3 Å². The highest BCUT2D eigenvalue weighted by molar-refractivity contribution is 5.79. The predicted molar refractivity (Wildman–Crippen MR) is 113 cm³/mol. The van der Waals surface area contributed by atoms with Gasteiger partial charge in [0.25, 0.3) is 0 Å². The van der Waals surface area contributed by atoms with Crippen LogP contribution >= 0.6 is 0 Å². The zero-order valence-electron chi connectivity index (χ0n) is 16.9. The molecule has 0 unspecified atom stereocenters. The smallest absolute Gasteiger partial charge is 0.191 e. The largest absolute Gasteiger partial charge is 0.492 e. The maximum absolute atomic E-state index is 13.0. The molecule has 7 heteroatoms. The Morgan fingerprint density at radius 3 is 2.55 bits per heavy atom. The van der Waals surface area contributed by atoms with Crippen molar-refractivity contribution in [1.29, 1.82) is 0 Å². The third kappa shape index (κ3) is 7.03. The van der Waals surface area contributed by atoms with Crippen LogP contribution in [0.5, 0.6) is 5.75 Å². The molecule has 2 aromatic carbocycles. The summed E-state index contributed by atoms with van der Waals surface area (Å²) in [6.45, 7) is 6.22. The Morgan fingerprint density at radius 1 is 1.07 bits per heavy atom. The molecule has 0 radical (unpaired) electrons. The van der Waals surface area contributed by atoms with Gasteiger partial charge in [0.15, 0.2) is 5.96 Å². The van der Waals surface area contributed by atoms with Crippen molar-refractivity contribution in [3.63, 3.8) is 0 Å². The normalized spacial score (nSPS) is 15.2. The van der Waals surface area contributed by atoms with Gasteiger partial charge in [-0.25, -0.2) is 4.39 Å². The van der Waals surface area contributed by atoms with Crippen LogP contribution in [-0.4, -0.2) is 57.4 Å². The third-order valence-corrected chi connectivity index (χ3v) is 4.78. The third-order valence-electron chi connectivity index (χ3n) is 4.78. The zero-order valence-corrected chi connectivity index (χ0v) is 16.9. The first kappa shape index (κ1) is 21.1. The van der Waals surface area contributed by atoms with E-state index < -0.39 is 0 Å². The monoisotopic (exact) mass is 400 g/mol. The summed E-state index contributed by atoms with van der Waals surface area (Å²) in [6, 6.07) is 14.4. The van der Waals surface area contributed by atoms with Crippen molar-refractivity contribution in [2.24, 2.45) is 4.99 Å². The van der Waals surface area contributed by atoms with Crippen LogP contribution in [-0.2, 0) is 17.8 Å². The zero-order chi connectivity index (χ0) is 20.3. The number of morpholine rings is 1. The van der Waals surface area contributed by atoms with Crippen molar-refractivity contribution in [3.05, 3.63) is 65.5 Å². The van der Waals surface area contributed by atoms with E-state index in [1.54, 1.807) is 19.2 Å². The topological polar surface area (TPSA) is 58.1 Å². The first-order valence-electron chi connectivity index (χ1n) is 9.94. The van der Waals surface area contributed by atoms with Crippen molar-refractivity contribution < 1.29 is 13.9 Å². The molecule has 1 aliphatic heterocycles. The fourth-order valence-electron chi connectivity index (χ4n) is 3.09. The summed E-state index contributed by atoms with van der Waals surface area (Å²) in [4.78, 5) is 6.60. The van der Waals surface area contributed by atoms with Crippen molar-refractivity contribution in [2.45, 2.75) is 13.1 Å². The molecule has 1 aliphatic rings. The van der Waals surface area contributed by atoms with Crippen LogP contribution < -0.4 is 15.4 Å². The van der Waals surface area contributed by atoms with E-state index in [1.165, 1.54) is 12.1 Å². The van der Waals surface area contributed by atoms with Crippen LogP contribution in [0.3, 0.4) is 0 Å². The van der Waals surface area contributed by atoms with Crippen LogP contribution in [0.2, 0.25) is 0 Å². The summed E-state index contributed by atoms with van der Waals surface area (Å²) in [5.41, 5.74) is 2.06. The Kier molecular flexibility index (Phi) is 8.27. The molecular formula is C22H29FN4O2. The fraction of sp³-hybridized carbons (Fsp3) is 0.409. The number of aliphatic imine (C=N–C) groups is 1. The second-order valence-corrected chi connectivity index (χ2v) is 6.82. The van der Waals surface area contributed by atoms with Gasteiger partial charge in [-0.3, -0.25) is 9.89 Å². The summed E-state index contributed by atoms with van der Waals surface area (Å²) < 4.78 is 24.4. The standard InChI is InChI=1S/C22H29FN4O2/c1-24-22(25-16-18-6-8-20(23)9-7-18)26-17-19-4-2-3-5-21(19)29-15-12-27-10-13-28-14-11-27/h2-9H,10-17H2,1H3,(H2,24,25,26). The van der Waals surface area contributed by atoms with Crippen LogP contribution in [0.25, 0.3) is 0 Å². The molecule has 1 heterocycles. The van der Waals surface area contributed by atoms with Gasteiger partial charge in [-0.2, -0.15) is 0 Å². The van der Waals surface area contributed by atoms with Crippen molar-refractivity contribution in [2.75, 3.05) is 46.5 Å². The molecule has 0 amide bonds. The number of nitrogens with one attached hydrogen (secondary N) is 2. The minimum absolute atomic E-state index is 0.235. The van der Waals surface area contributed by atoms with E-state index in [0.29, 0.717) is 25.7 Å².